The van der Waals surface area contributed by atoms with Gasteiger partial charge in [-0.15, -0.1) is 5.10 Å². The van der Waals surface area contributed by atoms with Crippen LogP contribution in [-0.4, -0.2) is 30.5 Å². The molecule has 0 aliphatic rings. The molecule has 0 atom stereocenters. The van der Waals surface area contributed by atoms with Gasteiger partial charge in [0, 0.05) is 19.2 Å². The number of para-hydroxylation sites is 1. The van der Waals surface area contributed by atoms with Gasteiger partial charge in [-0.25, -0.2) is 9.67 Å². The summed E-state index contributed by atoms with van der Waals surface area (Å²) in [6.07, 6.45) is 3.12. The Labute approximate surface area is 126 Å². The Morgan fingerprint density at radius 2 is 2.09 bits per heavy atom. The maximum absolute atomic E-state index is 12.1. The summed E-state index contributed by atoms with van der Waals surface area (Å²) < 4.78 is 3.09. The lowest BCUT2D eigenvalue weighted by Crippen LogP contribution is -2.24. The smallest absolute Gasteiger partial charge is 0.291 e. The van der Waals surface area contributed by atoms with Crippen LogP contribution >= 0.6 is 0 Å². The van der Waals surface area contributed by atoms with E-state index in [0.29, 0.717) is 5.82 Å². The summed E-state index contributed by atoms with van der Waals surface area (Å²) in [4.78, 5) is 16.1. The van der Waals surface area contributed by atoms with Gasteiger partial charge in [-0.2, -0.15) is 5.10 Å². The lowest BCUT2D eigenvalue weighted by atomic mass is 10.3. The number of hydrogen-bond donors (Lipinski definition) is 2. The summed E-state index contributed by atoms with van der Waals surface area (Å²) in [5.41, 5.74) is 7.41. The van der Waals surface area contributed by atoms with Crippen molar-refractivity contribution in [1.29, 1.82) is 0 Å². The van der Waals surface area contributed by atoms with Crippen LogP contribution in [0.3, 0.4) is 0 Å². The van der Waals surface area contributed by atoms with Crippen molar-refractivity contribution >= 4 is 11.7 Å². The lowest BCUT2D eigenvalue weighted by molar-refractivity contribution is 0.0940. The first-order chi connectivity index (χ1) is 10.6. The van der Waals surface area contributed by atoms with Crippen molar-refractivity contribution in [3.8, 4) is 5.69 Å². The molecule has 2 aromatic heterocycles. The highest BCUT2D eigenvalue weighted by atomic mass is 16.2. The number of aromatic nitrogens is 5. The third-order valence-corrected chi connectivity index (χ3v) is 3.22. The maximum atomic E-state index is 12.1. The van der Waals surface area contributed by atoms with Crippen molar-refractivity contribution in [1.82, 2.24) is 29.9 Å². The summed E-state index contributed by atoms with van der Waals surface area (Å²) in [5, 5.41) is 10.9. The van der Waals surface area contributed by atoms with Crippen LogP contribution in [0, 0.1) is 0 Å². The van der Waals surface area contributed by atoms with Gasteiger partial charge in [0.1, 0.15) is 12.1 Å². The molecule has 0 unspecified atom stereocenters. The number of nitrogen functional groups attached to an aromatic ring is 1. The molecule has 0 radical (unpaired) electrons. The molecular weight excluding hydrogens is 282 g/mol. The summed E-state index contributed by atoms with van der Waals surface area (Å²) in [5.74, 6) is 0.257. The number of carbonyl (C=O) groups is 1. The minimum atomic E-state index is -0.363. The fourth-order valence-electron chi connectivity index (χ4n) is 1.96. The van der Waals surface area contributed by atoms with Gasteiger partial charge in [0.2, 0.25) is 5.82 Å². The average Bonchev–Trinajstić information content (AvgIpc) is 3.15. The second-order valence-corrected chi connectivity index (χ2v) is 4.71. The number of benzene rings is 1. The Bertz CT molecular complexity index is 791. The molecule has 3 N–H and O–H groups in total. The number of aryl methyl sites for hydroxylation is 1. The molecule has 0 saturated heterocycles. The first-order valence-electron chi connectivity index (χ1n) is 6.67. The van der Waals surface area contributed by atoms with Crippen molar-refractivity contribution < 1.29 is 4.79 Å². The average molecular weight is 297 g/mol. The molecule has 0 saturated carbocycles. The Balaban J connectivity index is 1.68. The Hall–Kier alpha value is -3.16. The normalized spacial score (nSPS) is 10.6. The third-order valence-electron chi connectivity index (χ3n) is 3.22. The number of carbonyl (C=O) groups excluding carboxylic acids is 1. The molecule has 8 nitrogen and oxygen atoms in total. The van der Waals surface area contributed by atoms with E-state index in [9.17, 15) is 4.79 Å². The van der Waals surface area contributed by atoms with Crippen LogP contribution in [0.5, 0.6) is 0 Å². The van der Waals surface area contributed by atoms with Gasteiger partial charge in [-0.1, -0.05) is 18.2 Å². The molecule has 3 aromatic rings. The zero-order valence-electron chi connectivity index (χ0n) is 12.0. The van der Waals surface area contributed by atoms with Crippen molar-refractivity contribution in [2.45, 2.75) is 6.54 Å². The van der Waals surface area contributed by atoms with E-state index < -0.39 is 0 Å². The molecule has 0 spiro atoms. The van der Waals surface area contributed by atoms with E-state index in [2.05, 4.69) is 20.5 Å². The van der Waals surface area contributed by atoms with Crippen LogP contribution in [0.1, 0.15) is 16.2 Å². The van der Waals surface area contributed by atoms with Crippen molar-refractivity contribution in [3.05, 3.63) is 54.2 Å². The number of amides is 1. The van der Waals surface area contributed by atoms with Crippen LogP contribution < -0.4 is 11.1 Å². The van der Waals surface area contributed by atoms with E-state index >= 15 is 0 Å². The highest BCUT2D eigenvalue weighted by Gasteiger charge is 2.13. The van der Waals surface area contributed by atoms with E-state index in [1.54, 1.807) is 22.6 Å². The molecule has 0 aliphatic heterocycles. The number of nitrogens with two attached hydrogens (primary N) is 1. The number of anilines is 1. The number of rotatable bonds is 4. The molecule has 22 heavy (non-hydrogen) atoms. The van der Waals surface area contributed by atoms with Crippen LogP contribution in [0.2, 0.25) is 0 Å². The van der Waals surface area contributed by atoms with E-state index in [0.717, 1.165) is 11.3 Å². The standard InChI is InChI=1S/C14H15N7O/c1-20-12(15)10(8-18-20)7-16-14(22)13-17-9-21(19-13)11-5-3-2-4-6-11/h2-6,8-9H,7,15H2,1H3,(H,16,22). The van der Waals surface area contributed by atoms with Crippen LogP contribution in [0.15, 0.2) is 42.9 Å². The van der Waals surface area contributed by atoms with Crippen molar-refractivity contribution in [2.75, 3.05) is 5.73 Å². The Kier molecular flexibility index (Phi) is 3.57. The molecule has 2 heterocycles. The number of nitrogens with one attached hydrogen (secondary N) is 1. The zero-order chi connectivity index (χ0) is 15.5. The van der Waals surface area contributed by atoms with Crippen molar-refractivity contribution in [2.24, 2.45) is 7.05 Å². The molecule has 0 fully saturated rings. The fraction of sp³-hybridized carbons (Fsp3) is 0.143. The third kappa shape index (κ3) is 2.66. The zero-order valence-corrected chi connectivity index (χ0v) is 12.0. The first-order valence-corrected chi connectivity index (χ1v) is 6.67. The summed E-state index contributed by atoms with van der Waals surface area (Å²) >= 11 is 0. The predicted molar refractivity (Wildman–Crippen MR) is 80.1 cm³/mol. The largest absolute Gasteiger partial charge is 0.384 e. The molecule has 0 aliphatic carbocycles. The lowest BCUT2D eigenvalue weighted by Gasteiger charge is -2.02. The Morgan fingerprint density at radius 1 is 1.32 bits per heavy atom. The monoisotopic (exact) mass is 297 g/mol. The molecule has 3 rings (SSSR count). The number of hydrogen-bond acceptors (Lipinski definition) is 5. The SMILES string of the molecule is Cn1ncc(CNC(=O)c2ncn(-c3ccccc3)n2)c1N. The summed E-state index contributed by atoms with van der Waals surface area (Å²) in [6, 6.07) is 9.45. The van der Waals surface area contributed by atoms with Gasteiger partial charge < -0.3 is 11.1 Å². The van der Waals surface area contributed by atoms with E-state index in [-0.39, 0.29) is 18.3 Å². The molecule has 1 aromatic carbocycles. The summed E-state index contributed by atoms with van der Waals surface area (Å²) in [7, 11) is 1.74. The van der Waals surface area contributed by atoms with Gasteiger partial charge in [0.05, 0.1) is 11.9 Å². The van der Waals surface area contributed by atoms with Gasteiger partial charge in [-0.05, 0) is 12.1 Å². The van der Waals surface area contributed by atoms with Gasteiger partial charge in [0.15, 0.2) is 0 Å². The second kappa shape index (κ2) is 5.68. The second-order valence-electron chi connectivity index (χ2n) is 4.71. The minimum Gasteiger partial charge on any atom is -0.384 e. The van der Waals surface area contributed by atoms with E-state index in [1.807, 2.05) is 30.3 Å². The first kappa shape index (κ1) is 13.8. The van der Waals surface area contributed by atoms with Gasteiger partial charge >= 0.3 is 0 Å². The minimum absolute atomic E-state index is 0.103. The quantitative estimate of drug-likeness (QED) is 0.730. The molecule has 8 heteroatoms. The van der Waals surface area contributed by atoms with Crippen molar-refractivity contribution in [3.63, 3.8) is 0 Å². The highest BCUT2D eigenvalue weighted by molar-refractivity contribution is 5.90. The maximum Gasteiger partial charge on any atom is 0.291 e. The predicted octanol–water partition coefficient (Wildman–Crippen LogP) is 0.513. The number of nitrogens with zero attached hydrogens (tertiary/aromatic N) is 5. The highest BCUT2D eigenvalue weighted by Crippen LogP contribution is 2.09. The van der Waals surface area contributed by atoms with Crippen LogP contribution in [-0.2, 0) is 13.6 Å². The summed E-state index contributed by atoms with van der Waals surface area (Å²) in [6.45, 7) is 0.276. The van der Waals surface area contributed by atoms with Crippen LogP contribution in [0.25, 0.3) is 5.69 Å². The van der Waals surface area contributed by atoms with Gasteiger partial charge in [-0.3, -0.25) is 9.48 Å². The molecule has 1 amide bonds. The van der Waals surface area contributed by atoms with E-state index in [4.69, 9.17) is 5.73 Å². The fourth-order valence-corrected chi connectivity index (χ4v) is 1.96. The Morgan fingerprint density at radius 3 is 2.77 bits per heavy atom. The van der Waals surface area contributed by atoms with E-state index in [1.165, 1.54) is 6.33 Å². The molecule has 112 valence electrons. The topological polar surface area (TPSA) is 104 Å². The van der Waals surface area contributed by atoms with Gasteiger partial charge in [0.25, 0.3) is 5.91 Å². The van der Waals surface area contributed by atoms with Crippen LogP contribution in [0.4, 0.5) is 5.82 Å². The molecule has 0 bridgehead atoms. The molecular formula is C14H15N7O.